The predicted octanol–water partition coefficient (Wildman–Crippen LogP) is 7.51. The van der Waals surface area contributed by atoms with Gasteiger partial charge in [-0.1, -0.05) is 36.7 Å². The fourth-order valence-electron chi connectivity index (χ4n) is 5.59. The van der Waals surface area contributed by atoms with Crippen LogP contribution in [0.5, 0.6) is 5.75 Å². The third-order valence-electron chi connectivity index (χ3n) is 7.79. The second-order valence-corrected chi connectivity index (χ2v) is 11.1. The maximum atomic E-state index is 13.7. The minimum Gasteiger partial charge on any atom is -0.493 e. The van der Waals surface area contributed by atoms with E-state index in [4.69, 9.17) is 21.1 Å². The lowest BCUT2D eigenvalue weighted by Gasteiger charge is -2.11. The second kappa shape index (κ2) is 12.2. The number of H-pyrrole nitrogens is 2. The van der Waals surface area contributed by atoms with Gasteiger partial charge in [0, 0.05) is 34.5 Å². The van der Waals surface area contributed by atoms with Gasteiger partial charge >= 0.3 is 5.97 Å². The van der Waals surface area contributed by atoms with Crippen LogP contribution in [0.1, 0.15) is 60.5 Å². The van der Waals surface area contributed by atoms with Crippen LogP contribution >= 0.6 is 11.6 Å². The van der Waals surface area contributed by atoms with E-state index in [0.29, 0.717) is 48.5 Å². The fourth-order valence-corrected chi connectivity index (χ4v) is 5.84. The van der Waals surface area contributed by atoms with Crippen molar-refractivity contribution in [1.82, 2.24) is 20.5 Å². The molecule has 1 fully saturated rings. The zero-order chi connectivity index (χ0) is 29.2. The molecule has 0 saturated heterocycles. The fraction of sp³-hybridized carbons (Fsp3) is 0.333. The zero-order valence-corrected chi connectivity index (χ0v) is 24.5. The number of nitrogens with zero attached hydrogens (tertiary/aromatic N) is 1. The normalized spacial score (nSPS) is 13.2. The minimum absolute atomic E-state index is 0.269. The Morgan fingerprint density at radius 2 is 1.95 bits per heavy atom. The maximum absolute atomic E-state index is 13.7. The summed E-state index contributed by atoms with van der Waals surface area (Å²) in [4.78, 5) is 16.5. The number of aromatic amines is 2. The standard InChI is InChI=1S/C33H34ClFN4O3/c1-3-26-30(27(39-38-26)18-36-21-11-12-21)29-25(34)15-14-24-23(32(37-31(24)29)33(40)41-4-2)8-6-16-42-28-9-5-7-19-17-20(35)10-13-22(19)28/h5,7,9-10,13-15,17,21,36-37H,3-4,6,8,11-12,16,18H2,1-2H3,(H,38,39). The van der Waals surface area contributed by atoms with E-state index in [1.807, 2.05) is 30.3 Å². The van der Waals surface area contributed by atoms with Gasteiger partial charge in [-0.2, -0.15) is 5.10 Å². The molecule has 1 aliphatic rings. The van der Waals surface area contributed by atoms with Crippen molar-refractivity contribution in [2.24, 2.45) is 0 Å². The topological polar surface area (TPSA) is 92.0 Å². The predicted molar refractivity (Wildman–Crippen MR) is 164 cm³/mol. The molecule has 7 nitrogen and oxygen atoms in total. The van der Waals surface area contributed by atoms with Crippen molar-refractivity contribution in [3.8, 4) is 16.9 Å². The lowest BCUT2D eigenvalue weighted by Crippen LogP contribution is -2.16. The van der Waals surface area contributed by atoms with Crippen molar-refractivity contribution in [3.05, 3.63) is 82.0 Å². The Hall–Kier alpha value is -3.88. The molecule has 218 valence electrons. The quantitative estimate of drug-likeness (QED) is 0.104. The van der Waals surface area contributed by atoms with Crippen LogP contribution < -0.4 is 10.1 Å². The summed E-state index contributed by atoms with van der Waals surface area (Å²) in [5.74, 6) is 0.0181. The van der Waals surface area contributed by atoms with Crippen LogP contribution in [0.25, 0.3) is 32.8 Å². The number of hydrogen-bond donors (Lipinski definition) is 3. The van der Waals surface area contributed by atoms with E-state index in [0.717, 1.165) is 56.2 Å². The highest BCUT2D eigenvalue weighted by molar-refractivity contribution is 6.35. The molecule has 1 aliphatic carbocycles. The molecule has 3 aromatic carbocycles. The summed E-state index contributed by atoms with van der Waals surface area (Å²) < 4.78 is 25.3. The van der Waals surface area contributed by atoms with Gasteiger partial charge in [-0.05, 0) is 80.3 Å². The Labute approximate surface area is 248 Å². The largest absolute Gasteiger partial charge is 0.493 e. The molecule has 2 aromatic heterocycles. The first kappa shape index (κ1) is 28.2. The van der Waals surface area contributed by atoms with Crippen LogP contribution in [-0.4, -0.2) is 40.4 Å². The number of esters is 1. The van der Waals surface area contributed by atoms with Crippen LogP contribution in [0.3, 0.4) is 0 Å². The highest BCUT2D eigenvalue weighted by Gasteiger charge is 2.26. The van der Waals surface area contributed by atoms with Crippen molar-refractivity contribution in [3.63, 3.8) is 0 Å². The van der Waals surface area contributed by atoms with Gasteiger partial charge in [0.15, 0.2) is 0 Å². The van der Waals surface area contributed by atoms with Crippen molar-refractivity contribution < 1.29 is 18.7 Å². The number of carbonyl (C=O) groups is 1. The molecule has 3 N–H and O–H groups in total. The molecule has 9 heteroatoms. The monoisotopic (exact) mass is 588 g/mol. The van der Waals surface area contributed by atoms with E-state index in [2.05, 4.69) is 27.4 Å². The van der Waals surface area contributed by atoms with Crippen molar-refractivity contribution in [2.75, 3.05) is 13.2 Å². The van der Waals surface area contributed by atoms with E-state index < -0.39 is 5.97 Å². The molecule has 0 atom stereocenters. The lowest BCUT2D eigenvalue weighted by atomic mass is 9.97. The smallest absolute Gasteiger partial charge is 0.355 e. The van der Waals surface area contributed by atoms with Crippen molar-refractivity contribution in [1.29, 1.82) is 0 Å². The van der Waals surface area contributed by atoms with Gasteiger partial charge in [-0.3, -0.25) is 5.10 Å². The van der Waals surface area contributed by atoms with Crippen LogP contribution in [0.2, 0.25) is 5.02 Å². The number of benzene rings is 3. The molecule has 0 unspecified atom stereocenters. The molecule has 5 aromatic rings. The Morgan fingerprint density at radius 3 is 2.74 bits per heavy atom. The molecular formula is C33H34ClFN4O3. The maximum Gasteiger partial charge on any atom is 0.355 e. The molecule has 42 heavy (non-hydrogen) atoms. The SMILES string of the molecule is CCOC(=O)c1[nH]c2c(-c3c(CC)n[nH]c3CNC3CC3)c(Cl)ccc2c1CCCOc1cccc2cc(F)ccc12. The lowest BCUT2D eigenvalue weighted by molar-refractivity contribution is 0.0519. The van der Waals surface area contributed by atoms with E-state index in [1.165, 1.54) is 25.0 Å². The third kappa shape index (κ3) is 5.61. The van der Waals surface area contributed by atoms with Crippen molar-refractivity contribution in [2.45, 2.75) is 58.5 Å². The highest BCUT2D eigenvalue weighted by Crippen LogP contribution is 2.41. The van der Waals surface area contributed by atoms with Gasteiger partial charge < -0.3 is 19.8 Å². The highest BCUT2D eigenvalue weighted by atomic mass is 35.5. The molecule has 0 radical (unpaired) electrons. The molecular weight excluding hydrogens is 555 g/mol. The van der Waals surface area contributed by atoms with Gasteiger partial charge in [-0.25, -0.2) is 9.18 Å². The van der Waals surface area contributed by atoms with Gasteiger partial charge in [0.1, 0.15) is 17.3 Å². The number of ether oxygens (including phenoxy) is 2. The second-order valence-electron chi connectivity index (χ2n) is 10.7. The summed E-state index contributed by atoms with van der Waals surface area (Å²) >= 11 is 6.88. The zero-order valence-electron chi connectivity index (χ0n) is 23.8. The Bertz CT molecular complexity index is 1760. The summed E-state index contributed by atoms with van der Waals surface area (Å²) in [6, 6.07) is 14.7. The van der Waals surface area contributed by atoms with Crippen LogP contribution in [-0.2, 0) is 24.1 Å². The average molecular weight is 589 g/mol. The number of carbonyl (C=O) groups excluding carboxylic acids is 1. The number of halogens is 2. The number of aryl methyl sites for hydroxylation is 2. The first-order valence-electron chi connectivity index (χ1n) is 14.6. The average Bonchev–Trinajstić information content (AvgIpc) is 3.62. The molecule has 6 rings (SSSR count). The van der Waals surface area contributed by atoms with E-state index in [1.54, 1.807) is 13.0 Å². The van der Waals surface area contributed by atoms with Gasteiger partial charge in [0.2, 0.25) is 0 Å². The van der Waals surface area contributed by atoms with E-state index in [9.17, 15) is 9.18 Å². The number of nitrogens with one attached hydrogen (secondary N) is 3. The Balaban J connectivity index is 1.33. The number of aromatic nitrogens is 3. The van der Waals surface area contributed by atoms with Gasteiger partial charge in [0.25, 0.3) is 0 Å². The Morgan fingerprint density at radius 1 is 1.12 bits per heavy atom. The molecule has 0 amide bonds. The molecule has 2 heterocycles. The minimum atomic E-state index is -0.402. The number of rotatable bonds is 12. The summed E-state index contributed by atoms with van der Waals surface area (Å²) in [6.07, 6.45) is 4.34. The van der Waals surface area contributed by atoms with Crippen LogP contribution in [0.4, 0.5) is 4.39 Å². The summed E-state index contributed by atoms with van der Waals surface area (Å²) in [6.45, 7) is 5.22. The molecule has 0 spiro atoms. The summed E-state index contributed by atoms with van der Waals surface area (Å²) in [5, 5.41) is 14.5. The van der Waals surface area contributed by atoms with E-state index >= 15 is 0 Å². The number of fused-ring (bicyclic) bond motifs is 2. The number of hydrogen-bond acceptors (Lipinski definition) is 5. The summed E-state index contributed by atoms with van der Waals surface area (Å²) in [5.41, 5.74) is 5.80. The van der Waals surface area contributed by atoms with Gasteiger partial charge in [0.05, 0.1) is 35.1 Å². The molecule has 1 saturated carbocycles. The third-order valence-corrected chi connectivity index (χ3v) is 8.10. The van der Waals surface area contributed by atoms with Gasteiger partial charge in [-0.15, -0.1) is 0 Å². The van der Waals surface area contributed by atoms with Crippen LogP contribution in [0.15, 0.2) is 48.5 Å². The Kier molecular flexibility index (Phi) is 8.18. The first-order chi connectivity index (χ1) is 20.5. The molecule has 0 bridgehead atoms. The molecule has 0 aliphatic heterocycles. The van der Waals surface area contributed by atoms with E-state index in [-0.39, 0.29) is 12.4 Å². The van der Waals surface area contributed by atoms with Crippen LogP contribution in [0, 0.1) is 5.82 Å². The first-order valence-corrected chi connectivity index (χ1v) is 15.0. The van der Waals surface area contributed by atoms with Crippen molar-refractivity contribution >= 4 is 39.2 Å². The summed E-state index contributed by atoms with van der Waals surface area (Å²) in [7, 11) is 0.